The summed E-state index contributed by atoms with van der Waals surface area (Å²) in [5.74, 6) is 0.0816. The smallest absolute Gasteiger partial charge is 0.223 e. The van der Waals surface area contributed by atoms with Crippen molar-refractivity contribution in [2.75, 3.05) is 7.05 Å². The van der Waals surface area contributed by atoms with E-state index in [4.69, 9.17) is 0 Å². The maximum Gasteiger partial charge on any atom is 0.223 e. The van der Waals surface area contributed by atoms with Gasteiger partial charge in [0, 0.05) is 18.9 Å². The molecule has 3 nitrogen and oxygen atoms in total. The Balaban J connectivity index is 2.67. The molecule has 74 valence electrons. The molecule has 0 aromatic rings. The van der Waals surface area contributed by atoms with Crippen LogP contribution in [0.1, 0.15) is 32.6 Å². The number of ketones is 1. The SMILES string of the molecule is CNC(=O)C1CCCCC1C(C)=O. The monoisotopic (exact) mass is 183 g/mol. The molecule has 1 saturated carbocycles. The molecule has 1 amide bonds. The van der Waals surface area contributed by atoms with Crippen molar-refractivity contribution in [3.05, 3.63) is 0 Å². The van der Waals surface area contributed by atoms with Crippen molar-refractivity contribution >= 4 is 11.7 Å². The summed E-state index contributed by atoms with van der Waals surface area (Å²) in [5.41, 5.74) is 0. The van der Waals surface area contributed by atoms with Crippen LogP contribution in [0.4, 0.5) is 0 Å². The van der Waals surface area contributed by atoms with Crippen LogP contribution in [0.5, 0.6) is 0 Å². The lowest BCUT2D eigenvalue weighted by atomic mass is 9.77. The fourth-order valence-electron chi connectivity index (χ4n) is 2.12. The molecule has 3 heteroatoms. The van der Waals surface area contributed by atoms with Crippen LogP contribution in [-0.2, 0) is 9.59 Å². The van der Waals surface area contributed by atoms with Crippen LogP contribution in [0, 0.1) is 11.8 Å². The summed E-state index contributed by atoms with van der Waals surface area (Å²) in [5, 5.41) is 2.63. The van der Waals surface area contributed by atoms with Crippen LogP contribution in [0.15, 0.2) is 0 Å². The van der Waals surface area contributed by atoms with Crippen molar-refractivity contribution in [3.8, 4) is 0 Å². The molecule has 1 aliphatic carbocycles. The van der Waals surface area contributed by atoms with E-state index in [1.165, 1.54) is 0 Å². The summed E-state index contributed by atoms with van der Waals surface area (Å²) in [7, 11) is 1.63. The van der Waals surface area contributed by atoms with Crippen LogP contribution >= 0.6 is 0 Å². The normalized spacial score (nSPS) is 28.2. The van der Waals surface area contributed by atoms with Gasteiger partial charge >= 0.3 is 0 Å². The molecule has 0 heterocycles. The third kappa shape index (κ3) is 2.29. The number of hydrogen-bond donors (Lipinski definition) is 1. The molecule has 2 unspecified atom stereocenters. The lowest BCUT2D eigenvalue weighted by molar-refractivity contribution is -0.134. The van der Waals surface area contributed by atoms with E-state index in [1.807, 2.05) is 0 Å². The molecule has 0 aromatic heterocycles. The van der Waals surface area contributed by atoms with Crippen molar-refractivity contribution in [3.63, 3.8) is 0 Å². The Labute approximate surface area is 78.9 Å². The summed E-state index contributed by atoms with van der Waals surface area (Å²) in [4.78, 5) is 22.7. The Bertz CT molecular complexity index is 213. The Morgan fingerprint density at radius 2 is 1.69 bits per heavy atom. The molecular weight excluding hydrogens is 166 g/mol. The molecule has 2 atom stereocenters. The zero-order valence-electron chi connectivity index (χ0n) is 8.30. The van der Waals surface area contributed by atoms with Gasteiger partial charge in [-0.25, -0.2) is 0 Å². The van der Waals surface area contributed by atoms with Crippen molar-refractivity contribution in [1.29, 1.82) is 0 Å². The largest absolute Gasteiger partial charge is 0.359 e. The lowest BCUT2D eigenvalue weighted by Crippen LogP contribution is -2.37. The van der Waals surface area contributed by atoms with Gasteiger partial charge in [0.2, 0.25) is 5.91 Å². The Kier molecular flexibility index (Phi) is 3.46. The third-order valence-corrected chi connectivity index (χ3v) is 2.87. The van der Waals surface area contributed by atoms with E-state index in [1.54, 1.807) is 14.0 Å². The number of hydrogen-bond acceptors (Lipinski definition) is 2. The molecule has 1 aliphatic rings. The van der Waals surface area contributed by atoms with Gasteiger partial charge < -0.3 is 5.32 Å². The topological polar surface area (TPSA) is 46.2 Å². The maximum atomic E-state index is 11.4. The second-order valence-electron chi connectivity index (χ2n) is 3.72. The molecule has 0 aliphatic heterocycles. The van der Waals surface area contributed by atoms with Gasteiger partial charge in [-0.15, -0.1) is 0 Å². The zero-order valence-corrected chi connectivity index (χ0v) is 8.30. The quantitative estimate of drug-likeness (QED) is 0.697. The number of rotatable bonds is 2. The van der Waals surface area contributed by atoms with Gasteiger partial charge in [-0.2, -0.15) is 0 Å². The highest BCUT2D eigenvalue weighted by Gasteiger charge is 2.32. The van der Waals surface area contributed by atoms with E-state index < -0.39 is 0 Å². The molecule has 0 saturated heterocycles. The fourth-order valence-corrected chi connectivity index (χ4v) is 2.12. The molecule has 1 rings (SSSR count). The first-order valence-electron chi connectivity index (χ1n) is 4.89. The van der Waals surface area contributed by atoms with Crippen LogP contribution in [0.2, 0.25) is 0 Å². The van der Waals surface area contributed by atoms with Crippen molar-refractivity contribution in [1.82, 2.24) is 5.32 Å². The summed E-state index contributed by atoms with van der Waals surface area (Å²) >= 11 is 0. The second-order valence-corrected chi connectivity index (χ2v) is 3.72. The van der Waals surface area contributed by atoms with E-state index in [9.17, 15) is 9.59 Å². The van der Waals surface area contributed by atoms with Gasteiger partial charge in [-0.05, 0) is 19.8 Å². The first-order valence-corrected chi connectivity index (χ1v) is 4.89. The van der Waals surface area contributed by atoms with Crippen LogP contribution < -0.4 is 5.32 Å². The molecule has 1 fully saturated rings. The number of carbonyl (C=O) groups excluding carboxylic acids is 2. The number of amides is 1. The highest BCUT2D eigenvalue weighted by molar-refractivity contribution is 5.87. The molecule has 0 bridgehead atoms. The first kappa shape index (κ1) is 10.2. The number of Topliss-reactive ketones (excluding diaryl/α,β-unsaturated/α-hetero) is 1. The number of nitrogens with one attached hydrogen (secondary N) is 1. The standard InChI is InChI=1S/C10H17NO2/c1-7(12)8-5-3-4-6-9(8)10(13)11-2/h8-9H,3-6H2,1-2H3,(H,11,13). The van der Waals surface area contributed by atoms with Crippen LogP contribution in [0.3, 0.4) is 0 Å². The van der Waals surface area contributed by atoms with Gasteiger partial charge in [-0.3, -0.25) is 9.59 Å². The number of carbonyl (C=O) groups is 2. The zero-order chi connectivity index (χ0) is 9.84. The fraction of sp³-hybridized carbons (Fsp3) is 0.800. The van der Waals surface area contributed by atoms with E-state index in [0.29, 0.717) is 0 Å². The minimum Gasteiger partial charge on any atom is -0.359 e. The second kappa shape index (κ2) is 4.40. The van der Waals surface area contributed by atoms with Gasteiger partial charge in [0.15, 0.2) is 0 Å². The minimum atomic E-state index is -0.0729. The van der Waals surface area contributed by atoms with Crippen molar-refractivity contribution < 1.29 is 9.59 Å². The summed E-state index contributed by atoms with van der Waals surface area (Å²) < 4.78 is 0. The van der Waals surface area contributed by atoms with E-state index in [0.717, 1.165) is 25.7 Å². The summed E-state index contributed by atoms with van der Waals surface area (Å²) in [6.45, 7) is 1.59. The summed E-state index contributed by atoms with van der Waals surface area (Å²) in [6.07, 6.45) is 3.90. The molecule has 13 heavy (non-hydrogen) atoms. The highest BCUT2D eigenvalue weighted by Crippen LogP contribution is 2.30. The Morgan fingerprint density at radius 3 is 2.15 bits per heavy atom. The predicted octanol–water partition coefficient (Wildman–Crippen LogP) is 1.13. The first-order chi connectivity index (χ1) is 6.16. The highest BCUT2D eigenvalue weighted by atomic mass is 16.2. The summed E-state index contributed by atoms with van der Waals surface area (Å²) in [6, 6.07) is 0. The maximum absolute atomic E-state index is 11.4. The molecule has 1 N–H and O–H groups in total. The van der Waals surface area contributed by atoms with E-state index >= 15 is 0 Å². The molecule has 0 radical (unpaired) electrons. The minimum absolute atomic E-state index is 0.0277. The van der Waals surface area contributed by atoms with Gasteiger partial charge in [0.05, 0.1) is 0 Å². The molecular formula is C10H17NO2. The van der Waals surface area contributed by atoms with Crippen LogP contribution in [-0.4, -0.2) is 18.7 Å². The molecule has 0 aromatic carbocycles. The van der Waals surface area contributed by atoms with Crippen LogP contribution in [0.25, 0.3) is 0 Å². The average molecular weight is 183 g/mol. The van der Waals surface area contributed by atoms with Gasteiger partial charge in [0.25, 0.3) is 0 Å². The predicted molar refractivity (Wildman–Crippen MR) is 50.2 cm³/mol. The van der Waals surface area contributed by atoms with E-state index in [2.05, 4.69) is 5.32 Å². The van der Waals surface area contributed by atoms with Gasteiger partial charge in [-0.1, -0.05) is 12.8 Å². The Morgan fingerprint density at radius 1 is 1.15 bits per heavy atom. The van der Waals surface area contributed by atoms with E-state index in [-0.39, 0.29) is 23.5 Å². The average Bonchev–Trinajstić information content (AvgIpc) is 2.16. The van der Waals surface area contributed by atoms with Crippen molar-refractivity contribution in [2.24, 2.45) is 11.8 Å². The lowest BCUT2D eigenvalue weighted by Gasteiger charge is -2.28. The Hall–Kier alpha value is -0.860. The third-order valence-electron chi connectivity index (χ3n) is 2.87. The van der Waals surface area contributed by atoms with Crippen molar-refractivity contribution in [2.45, 2.75) is 32.6 Å². The van der Waals surface area contributed by atoms with Gasteiger partial charge in [0.1, 0.15) is 5.78 Å². The molecule has 0 spiro atoms.